The largest absolute Gasteiger partial charge is 0.444 e. The van der Waals surface area contributed by atoms with Crippen LogP contribution in [-0.2, 0) is 28.0 Å². The Morgan fingerprint density at radius 2 is 2.04 bits per heavy atom. The van der Waals surface area contributed by atoms with E-state index in [-0.39, 0.29) is 24.8 Å². The minimum absolute atomic E-state index is 0.110. The van der Waals surface area contributed by atoms with Crippen molar-refractivity contribution in [3.05, 3.63) is 52.7 Å². The lowest BCUT2D eigenvalue weighted by molar-refractivity contribution is -0.141. The maximum absolute atomic E-state index is 13.0. The number of benzene rings is 1. The molecule has 118 valence electrons. The summed E-state index contributed by atoms with van der Waals surface area (Å²) >= 11 is 0. The molecule has 1 saturated heterocycles. The Morgan fingerprint density at radius 3 is 2.78 bits per heavy atom. The Labute approximate surface area is 134 Å². The van der Waals surface area contributed by atoms with E-state index < -0.39 is 5.41 Å². The van der Waals surface area contributed by atoms with E-state index in [1.165, 1.54) is 10.5 Å². The standard InChI is InChI=1S/C18H18N2O3/c1-11-12(2)23-15(19-11)10-20-16(21)9-18(17(20)22)8-7-13-5-3-4-6-14(13)18/h3-6H,7-10H2,1-2H3/t18-/m0/s1. The van der Waals surface area contributed by atoms with E-state index in [1.54, 1.807) is 0 Å². The number of hydrogen-bond acceptors (Lipinski definition) is 4. The highest BCUT2D eigenvalue weighted by atomic mass is 16.4. The topological polar surface area (TPSA) is 63.4 Å². The zero-order chi connectivity index (χ0) is 16.2. The van der Waals surface area contributed by atoms with Gasteiger partial charge in [0.15, 0.2) is 0 Å². The summed E-state index contributed by atoms with van der Waals surface area (Å²) in [7, 11) is 0. The molecule has 1 atom stereocenters. The van der Waals surface area contributed by atoms with Crippen LogP contribution in [0.5, 0.6) is 0 Å². The molecule has 2 aromatic rings. The van der Waals surface area contributed by atoms with Crippen LogP contribution < -0.4 is 0 Å². The lowest BCUT2D eigenvalue weighted by Gasteiger charge is -2.22. The average Bonchev–Trinajstić information content (AvgIpc) is 3.13. The number of carbonyl (C=O) groups excluding carboxylic acids is 2. The zero-order valence-corrected chi connectivity index (χ0v) is 13.3. The third kappa shape index (κ3) is 1.96. The predicted molar refractivity (Wildman–Crippen MR) is 82.6 cm³/mol. The lowest BCUT2D eigenvalue weighted by atomic mass is 9.80. The highest BCUT2D eigenvalue weighted by molar-refractivity contribution is 6.09. The summed E-state index contributed by atoms with van der Waals surface area (Å²) in [5.74, 6) is 0.895. The van der Waals surface area contributed by atoms with Gasteiger partial charge < -0.3 is 4.42 Å². The highest BCUT2D eigenvalue weighted by Crippen LogP contribution is 2.47. The summed E-state index contributed by atoms with van der Waals surface area (Å²) in [6.07, 6.45) is 1.80. The number of aryl methyl sites for hydroxylation is 3. The number of carbonyl (C=O) groups is 2. The third-order valence-corrected chi connectivity index (χ3v) is 5.13. The summed E-state index contributed by atoms with van der Waals surface area (Å²) in [6, 6.07) is 7.95. The molecule has 0 bridgehead atoms. The quantitative estimate of drug-likeness (QED) is 0.799. The first-order chi connectivity index (χ1) is 11.0. The summed E-state index contributed by atoms with van der Waals surface area (Å²) in [6.45, 7) is 3.80. The van der Waals surface area contributed by atoms with Gasteiger partial charge in [0.25, 0.3) is 0 Å². The Bertz CT molecular complexity index is 804. The van der Waals surface area contributed by atoms with E-state index >= 15 is 0 Å². The average molecular weight is 310 g/mol. The van der Waals surface area contributed by atoms with E-state index in [9.17, 15) is 9.59 Å². The maximum Gasteiger partial charge on any atom is 0.240 e. The van der Waals surface area contributed by atoms with Crippen molar-refractivity contribution in [3.8, 4) is 0 Å². The minimum atomic E-state index is -0.676. The number of aromatic nitrogens is 1. The zero-order valence-electron chi connectivity index (χ0n) is 13.3. The van der Waals surface area contributed by atoms with Crippen LogP contribution in [0.1, 0.15) is 41.3 Å². The van der Waals surface area contributed by atoms with Crippen molar-refractivity contribution < 1.29 is 14.0 Å². The van der Waals surface area contributed by atoms with E-state index in [4.69, 9.17) is 4.42 Å². The molecule has 0 N–H and O–H groups in total. The van der Waals surface area contributed by atoms with Crippen LogP contribution in [0.3, 0.4) is 0 Å². The third-order valence-electron chi connectivity index (χ3n) is 5.13. The second kappa shape index (κ2) is 4.78. The number of rotatable bonds is 2. The van der Waals surface area contributed by atoms with Gasteiger partial charge in [0.2, 0.25) is 17.7 Å². The van der Waals surface area contributed by atoms with Crippen LogP contribution >= 0.6 is 0 Å². The highest BCUT2D eigenvalue weighted by Gasteiger charge is 2.55. The van der Waals surface area contributed by atoms with Gasteiger partial charge in [-0.15, -0.1) is 0 Å². The normalized spacial score (nSPS) is 23.1. The Hall–Kier alpha value is -2.43. The molecular formula is C18H18N2O3. The summed E-state index contributed by atoms with van der Waals surface area (Å²) in [5, 5.41) is 0. The lowest BCUT2D eigenvalue weighted by Crippen LogP contribution is -2.36. The molecule has 2 amide bonds. The van der Waals surface area contributed by atoms with E-state index in [2.05, 4.69) is 4.98 Å². The van der Waals surface area contributed by atoms with Gasteiger partial charge >= 0.3 is 0 Å². The van der Waals surface area contributed by atoms with Gasteiger partial charge in [0, 0.05) is 6.42 Å². The van der Waals surface area contributed by atoms with Gasteiger partial charge in [-0.2, -0.15) is 0 Å². The summed E-state index contributed by atoms with van der Waals surface area (Å²) in [4.78, 5) is 31.1. The van der Waals surface area contributed by atoms with E-state index in [0.717, 1.165) is 23.4 Å². The van der Waals surface area contributed by atoms with Gasteiger partial charge in [-0.05, 0) is 37.8 Å². The Kier molecular flexibility index (Phi) is 2.95. The van der Waals surface area contributed by atoms with E-state index in [0.29, 0.717) is 12.3 Å². The van der Waals surface area contributed by atoms with Crippen molar-refractivity contribution in [1.82, 2.24) is 9.88 Å². The molecule has 1 aromatic carbocycles. The van der Waals surface area contributed by atoms with Gasteiger partial charge in [-0.25, -0.2) is 4.98 Å². The SMILES string of the molecule is Cc1nc(CN2C(=O)C[C@]3(CCc4ccccc43)C2=O)oc1C. The number of imide groups is 1. The molecule has 0 radical (unpaired) electrons. The van der Waals surface area contributed by atoms with Crippen LogP contribution in [0.25, 0.3) is 0 Å². The van der Waals surface area contributed by atoms with Crippen molar-refractivity contribution in [3.63, 3.8) is 0 Å². The second-order valence-corrected chi connectivity index (χ2v) is 6.45. The molecular weight excluding hydrogens is 292 g/mol. The number of nitrogens with zero attached hydrogens (tertiary/aromatic N) is 2. The number of amides is 2. The molecule has 4 rings (SSSR count). The molecule has 5 heteroatoms. The summed E-state index contributed by atoms with van der Waals surface area (Å²) < 4.78 is 5.54. The minimum Gasteiger partial charge on any atom is -0.444 e. The Morgan fingerprint density at radius 1 is 1.26 bits per heavy atom. The molecule has 1 spiro atoms. The van der Waals surface area contributed by atoms with E-state index in [1.807, 2.05) is 38.1 Å². The molecule has 1 fully saturated rings. The fourth-order valence-electron chi connectivity index (χ4n) is 3.80. The molecule has 0 saturated carbocycles. The molecule has 5 nitrogen and oxygen atoms in total. The van der Waals surface area contributed by atoms with Crippen molar-refractivity contribution in [2.45, 2.75) is 45.1 Å². The monoisotopic (exact) mass is 310 g/mol. The van der Waals surface area contributed by atoms with Gasteiger partial charge in [0.1, 0.15) is 12.3 Å². The van der Waals surface area contributed by atoms with Gasteiger partial charge in [0.05, 0.1) is 11.1 Å². The van der Waals surface area contributed by atoms with Crippen molar-refractivity contribution in [1.29, 1.82) is 0 Å². The number of fused-ring (bicyclic) bond motifs is 2. The maximum atomic E-state index is 13.0. The summed E-state index contributed by atoms with van der Waals surface area (Å²) in [5.41, 5.74) is 2.31. The second-order valence-electron chi connectivity index (χ2n) is 6.45. The van der Waals surface area contributed by atoms with Crippen molar-refractivity contribution >= 4 is 11.8 Å². The van der Waals surface area contributed by atoms with Crippen molar-refractivity contribution in [2.75, 3.05) is 0 Å². The van der Waals surface area contributed by atoms with Gasteiger partial charge in [-0.1, -0.05) is 24.3 Å². The molecule has 23 heavy (non-hydrogen) atoms. The number of hydrogen-bond donors (Lipinski definition) is 0. The smallest absolute Gasteiger partial charge is 0.240 e. The molecule has 1 aromatic heterocycles. The first-order valence-electron chi connectivity index (χ1n) is 7.87. The van der Waals surface area contributed by atoms with Crippen LogP contribution in [0.15, 0.2) is 28.7 Å². The van der Waals surface area contributed by atoms with Crippen LogP contribution in [-0.4, -0.2) is 21.7 Å². The van der Waals surface area contributed by atoms with Crippen LogP contribution in [0.2, 0.25) is 0 Å². The fourth-order valence-corrected chi connectivity index (χ4v) is 3.80. The molecule has 1 aliphatic heterocycles. The van der Waals surface area contributed by atoms with Gasteiger partial charge in [-0.3, -0.25) is 14.5 Å². The predicted octanol–water partition coefficient (Wildman–Crippen LogP) is 2.43. The van der Waals surface area contributed by atoms with Crippen LogP contribution in [0.4, 0.5) is 0 Å². The molecule has 1 aliphatic carbocycles. The molecule has 2 heterocycles. The number of likely N-dealkylation sites (tertiary alicyclic amines) is 1. The number of oxazole rings is 1. The first-order valence-corrected chi connectivity index (χ1v) is 7.87. The first kappa shape index (κ1) is 14.2. The van der Waals surface area contributed by atoms with Crippen LogP contribution in [0, 0.1) is 13.8 Å². The Balaban J connectivity index is 1.67. The molecule has 2 aliphatic rings. The van der Waals surface area contributed by atoms with Crippen molar-refractivity contribution in [2.24, 2.45) is 0 Å². The molecule has 0 unspecified atom stereocenters. The fraction of sp³-hybridized carbons (Fsp3) is 0.389.